The lowest BCUT2D eigenvalue weighted by Gasteiger charge is -2.28. The highest BCUT2D eigenvalue weighted by molar-refractivity contribution is 7.89. The van der Waals surface area contributed by atoms with Crippen LogP contribution in [-0.2, 0) is 19.6 Å². The van der Waals surface area contributed by atoms with Gasteiger partial charge in [-0.2, -0.15) is 5.26 Å². The minimum Gasteiger partial charge on any atom is -0.449 e. The first-order valence-electron chi connectivity index (χ1n) is 7.94. The summed E-state index contributed by atoms with van der Waals surface area (Å²) in [7, 11) is -2.45. The topological polar surface area (TPSA) is 125 Å². The number of carbonyl (C=O) groups is 2. The Morgan fingerprint density at radius 3 is 2.38 bits per heavy atom. The number of rotatable bonds is 7. The van der Waals surface area contributed by atoms with Crippen molar-refractivity contribution in [1.29, 1.82) is 5.26 Å². The lowest BCUT2D eigenvalue weighted by molar-refractivity contribution is -0.130. The van der Waals surface area contributed by atoms with Crippen molar-refractivity contribution in [3.05, 3.63) is 29.8 Å². The van der Waals surface area contributed by atoms with Crippen molar-refractivity contribution < 1.29 is 22.7 Å². The Bertz CT molecular complexity index is 829. The molecule has 0 saturated carbocycles. The van der Waals surface area contributed by atoms with Crippen LogP contribution in [0.2, 0.25) is 0 Å². The molecule has 0 aliphatic carbocycles. The van der Waals surface area contributed by atoms with Crippen LogP contribution in [0.3, 0.4) is 0 Å². The number of esters is 1. The van der Waals surface area contributed by atoms with Crippen LogP contribution in [0.4, 0.5) is 0 Å². The first kappa shape index (κ1) is 21.6. The zero-order valence-electron chi connectivity index (χ0n) is 15.4. The van der Waals surface area contributed by atoms with Gasteiger partial charge in [-0.3, -0.25) is 4.79 Å². The lowest BCUT2D eigenvalue weighted by Crippen LogP contribution is -2.52. The van der Waals surface area contributed by atoms with E-state index in [0.717, 1.165) is 6.07 Å². The van der Waals surface area contributed by atoms with Gasteiger partial charge in [0.2, 0.25) is 10.0 Å². The van der Waals surface area contributed by atoms with Gasteiger partial charge >= 0.3 is 5.97 Å². The fraction of sp³-hybridized carbons (Fsp3) is 0.471. The van der Waals surface area contributed by atoms with Gasteiger partial charge in [0.15, 0.2) is 6.10 Å². The van der Waals surface area contributed by atoms with E-state index in [9.17, 15) is 23.3 Å². The molecule has 0 aliphatic heterocycles. The van der Waals surface area contributed by atoms with Gasteiger partial charge in [0.1, 0.15) is 5.54 Å². The second-order valence-corrected chi connectivity index (χ2v) is 8.13. The summed E-state index contributed by atoms with van der Waals surface area (Å²) in [4.78, 5) is 24.3. The van der Waals surface area contributed by atoms with Gasteiger partial charge < -0.3 is 10.1 Å². The Hall–Kier alpha value is -2.44. The average molecular weight is 381 g/mol. The van der Waals surface area contributed by atoms with Gasteiger partial charge in [-0.15, -0.1) is 0 Å². The number of benzene rings is 1. The maximum absolute atomic E-state index is 12.2. The highest BCUT2D eigenvalue weighted by Gasteiger charge is 2.32. The largest absolute Gasteiger partial charge is 0.449 e. The molecule has 0 heterocycles. The van der Waals surface area contributed by atoms with Crippen molar-refractivity contribution in [3.63, 3.8) is 0 Å². The average Bonchev–Trinajstić information content (AvgIpc) is 2.61. The summed E-state index contributed by atoms with van der Waals surface area (Å²) in [5, 5.41) is 11.8. The van der Waals surface area contributed by atoms with E-state index in [4.69, 9.17) is 4.74 Å². The van der Waals surface area contributed by atoms with Crippen molar-refractivity contribution >= 4 is 21.9 Å². The number of amides is 1. The van der Waals surface area contributed by atoms with Crippen molar-refractivity contribution in [2.45, 2.75) is 44.2 Å². The predicted octanol–water partition coefficient (Wildman–Crippen LogP) is 1.19. The third-order valence-corrected chi connectivity index (χ3v) is 5.48. The molecule has 142 valence electrons. The van der Waals surface area contributed by atoms with Crippen LogP contribution in [-0.4, -0.2) is 39.0 Å². The van der Waals surface area contributed by atoms with Crippen LogP contribution in [0.1, 0.15) is 38.1 Å². The van der Waals surface area contributed by atoms with E-state index in [2.05, 4.69) is 10.0 Å². The molecule has 0 aliphatic rings. The van der Waals surface area contributed by atoms with E-state index >= 15 is 0 Å². The second-order valence-electron chi connectivity index (χ2n) is 6.24. The number of carbonyl (C=O) groups excluding carboxylic acids is 2. The number of hydrogen-bond donors (Lipinski definition) is 2. The normalized spacial score (nSPS) is 14.8. The second kappa shape index (κ2) is 8.29. The summed E-state index contributed by atoms with van der Waals surface area (Å²) in [6, 6.07) is 7.31. The van der Waals surface area contributed by atoms with E-state index in [1.165, 1.54) is 32.2 Å². The minimum atomic E-state index is -3.71. The van der Waals surface area contributed by atoms with Crippen LogP contribution in [0, 0.1) is 17.2 Å². The zero-order valence-corrected chi connectivity index (χ0v) is 16.2. The Balaban J connectivity index is 2.90. The highest BCUT2D eigenvalue weighted by atomic mass is 32.2. The zero-order chi connectivity index (χ0) is 20.1. The molecule has 0 bridgehead atoms. The van der Waals surface area contributed by atoms with Crippen LogP contribution < -0.4 is 10.0 Å². The lowest BCUT2D eigenvalue weighted by atomic mass is 9.90. The molecule has 9 heteroatoms. The Morgan fingerprint density at radius 1 is 1.27 bits per heavy atom. The molecular formula is C17H23N3O5S. The molecule has 0 radical (unpaired) electrons. The van der Waals surface area contributed by atoms with E-state index in [0.29, 0.717) is 0 Å². The molecule has 26 heavy (non-hydrogen) atoms. The number of nitrogens with zero attached hydrogens (tertiary/aromatic N) is 1. The van der Waals surface area contributed by atoms with E-state index in [-0.39, 0.29) is 16.4 Å². The number of hydrogen-bond acceptors (Lipinski definition) is 6. The SMILES string of the molecule is CNS(=O)(=O)c1cccc(C(=O)O[C@H](C)C(=O)N[C@@](C)(C#N)C(C)C)c1. The smallest absolute Gasteiger partial charge is 0.338 e. The Kier molecular flexibility index (Phi) is 6.89. The van der Waals surface area contributed by atoms with Crippen molar-refractivity contribution in [2.75, 3.05) is 7.05 Å². The molecular weight excluding hydrogens is 358 g/mol. The third kappa shape index (κ3) is 5.03. The Morgan fingerprint density at radius 2 is 1.88 bits per heavy atom. The monoisotopic (exact) mass is 381 g/mol. The molecule has 0 unspecified atom stereocenters. The van der Waals surface area contributed by atoms with E-state index in [1.807, 2.05) is 6.07 Å². The molecule has 1 aromatic rings. The molecule has 1 aromatic carbocycles. The van der Waals surface area contributed by atoms with Crippen molar-refractivity contribution in [1.82, 2.24) is 10.0 Å². The molecule has 0 aromatic heterocycles. The molecule has 2 atom stereocenters. The molecule has 0 fully saturated rings. The van der Waals surface area contributed by atoms with Gasteiger partial charge in [0.05, 0.1) is 16.5 Å². The molecule has 2 N–H and O–H groups in total. The standard InChI is InChI=1S/C17H23N3O5S/c1-11(2)17(4,10-18)20-15(21)12(3)25-16(22)13-7-6-8-14(9-13)26(23,24)19-5/h6-9,11-12,19H,1-5H3,(H,20,21)/t12-,17+/m1/s1. The van der Waals surface area contributed by atoms with Gasteiger partial charge in [0, 0.05) is 0 Å². The molecule has 1 amide bonds. The highest BCUT2D eigenvalue weighted by Crippen LogP contribution is 2.16. The van der Waals surface area contributed by atoms with E-state index < -0.39 is 33.5 Å². The van der Waals surface area contributed by atoms with Crippen LogP contribution in [0.25, 0.3) is 0 Å². The maximum atomic E-state index is 12.2. The number of nitriles is 1. The van der Waals surface area contributed by atoms with Gasteiger partial charge in [-0.1, -0.05) is 19.9 Å². The maximum Gasteiger partial charge on any atom is 0.338 e. The minimum absolute atomic E-state index is 0.00659. The van der Waals surface area contributed by atoms with E-state index in [1.54, 1.807) is 20.8 Å². The van der Waals surface area contributed by atoms with Crippen molar-refractivity contribution in [3.8, 4) is 6.07 Å². The van der Waals surface area contributed by atoms with Crippen molar-refractivity contribution in [2.24, 2.45) is 5.92 Å². The fourth-order valence-corrected chi connectivity index (χ4v) is 2.62. The van der Waals surface area contributed by atoms with Crippen LogP contribution in [0.15, 0.2) is 29.2 Å². The molecule has 0 spiro atoms. The molecule has 0 saturated heterocycles. The molecule has 8 nitrogen and oxygen atoms in total. The van der Waals surface area contributed by atoms with Gasteiger partial charge in [-0.05, 0) is 45.0 Å². The van der Waals surface area contributed by atoms with Crippen LogP contribution in [0.5, 0.6) is 0 Å². The summed E-state index contributed by atoms with van der Waals surface area (Å²) in [6.07, 6.45) is -1.15. The first-order chi connectivity index (χ1) is 12.0. The summed E-state index contributed by atoms with van der Waals surface area (Å²) in [6.45, 7) is 6.53. The number of sulfonamides is 1. The van der Waals surface area contributed by atoms with Crippen LogP contribution >= 0.6 is 0 Å². The van der Waals surface area contributed by atoms with Gasteiger partial charge in [0.25, 0.3) is 5.91 Å². The van der Waals surface area contributed by atoms with Gasteiger partial charge in [-0.25, -0.2) is 17.9 Å². The number of ether oxygens (including phenoxy) is 1. The summed E-state index contributed by atoms with van der Waals surface area (Å²) in [5.41, 5.74) is -1.11. The summed E-state index contributed by atoms with van der Waals surface area (Å²) in [5.74, 6) is -1.61. The fourth-order valence-electron chi connectivity index (χ4n) is 1.85. The predicted molar refractivity (Wildman–Crippen MR) is 94.6 cm³/mol. The first-order valence-corrected chi connectivity index (χ1v) is 9.43. The molecule has 1 rings (SSSR count). The number of nitrogens with one attached hydrogen (secondary N) is 2. The quantitative estimate of drug-likeness (QED) is 0.684. The summed E-state index contributed by atoms with van der Waals surface area (Å²) >= 11 is 0. The third-order valence-electron chi connectivity index (χ3n) is 4.07. The Labute approximate surface area is 153 Å². The summed E-state index contributed by atoms with van der Waals surface area (Å²) < 4.78 is 30.8.